The molecule has 6 nitrogen and oxygen atoms in total. The van der Waals surface area contributed by atoms with Gasteiger partial charge in [0.1, 0.15) is 11.5 Å². The van der Waals surface area contributed by atoms with Crippen LogP contribution in [-0.2, 0) is 9.53 Å². The van der Waals surface area contributed by atoms with E-state index in [-0.39, 0.29) is 5.15 Å². The van der Waals surface area contributed by atoms with Gasteiger partial charge in [0.05, 0.1) is 11.3 Å². The Morgan fingerprint density at radius 2 is 1.63 bits per heavy atom. The predicted molar refractivity (Wildman–Crippen MR) is 101 cm³/mol. The van der Waals surface area contributed by atoms with Crippen molar-refractivity contribution in [2.45, 2.75) is 0 Å². The van der Waals surface area contributed by atoms with Crippen molar-refractivity contribution in [2.75, 3.05) is 11.9 Å². The third-order valence-electron chi connectivity index (χ3n) is 3.44. The summed E-state index contributed by atoms with van der Waals surface area (Å²) >= 11 is 5.85. The van der Waals surface area contributed by atoms with Gasteiger partial charge in [-0.25, -0.2) is 9.78 Å². The molecule has 0 radical (unpaired) electrons. The summed E-state index contributed by atoms with van der Waals surface area (Å²) in [6, 6.07) is 18.9. The smallest absolute Gasteiger partial charge is 0.338 e. The summed E-state index contributed by atoms with van der Waals surface area (Å²) in [7, 11) is 0. The van der Waals surface area contributed by atoms with Gasteiger partial charge < -0.3 is 14.8 Å². The number of benzene rings is 2. The number of carbonyl (C=O) groups excluding carboxylic acids is 2. The second-order valence-electron chi connectivity index (χ2n) is 5.41. The van der Waals surface area contributed by atoms with Crippen molar-refractivity contribution in [2.24, 2.45) is 0 Å². The van der Waals surface area contributed by atoms with Crippen LogP contribution in [0.3, 0.4) is 0 Å². The van der Waals surface area contributed by atoms with E-state index in [0.717, 1.165) is 0 Å². The number of carbonyl (C=O) groups is 2. The van der Waals surface area contributed by atoms with E-state index in [1.54, 1.807) is 36.4 Å². The van der Waals surface area contributed by atoms with E-state index in [2.05, 4.69) is 10.3 Å². The molecule has 136 valence electrons. The Hall–Kier alpha value is -3.38. The number of hydrogen-bond donors (Lipinski definition) is 1. The number of anilines is 1. The van der Waals surface area contributed by atoms with Crippen LogP contribution in [0.4, 0.5) is 5.69 Å². The highest BCUT2D eigenvalue weighted by atomic mass is 35.5. The molecule has 3 aromatic rings. The number of pyridine rings is 1. The van der Waals surface area contributed by atoms with Crippen molar-refractivity contribution in [3.8, 4) is 11.5 Å². The fraction of sp³-hybridized carbons (Fsp3) is 0.0500. The standard InChI is InChI=1S/C20H15ClN2O4/c21-19-17(7-4-12-22-19)23-18(24)13-26-20(25)14-8-10-16(11-9-14)27-15-5-2-1-3-6-15/h1-12H,13H2,(H,23,24). The van der Waals surface area contributed by atoms with E-state index >= 15 is 0 Å². The van der Waals surface area contributed by atoms with Crippen molar-refractivity contribution >= 4 is 29.2 Å². The first-order valence-corrected chi connectivity index (χ1v) is 8.40. The van der Waals surface area contributed by atoms with Gasteiger partial charge in [0.15, 0.2) is 11.8 Å². The number of halogens is 1. The molecule has 0 unspecified atom stereocenters. The van der Waals surface area contributed by atoms with Gasteiger partial charge >= 0.3 is 5.97 Å². The first-order valence-electron chi connectivity index (χ1n) is 8.02. The number of nitrogens with zero attached hydrogens (tertiary/aromatic N) is 1. The highest BCUT2D eigenvalue weighted by molar-refractivity contribution is 6.32. The van der Waals surface area contributed by atoms with Gasteiger partial charge in [-0.2, -0.15) is 0 Å². The largest absolute Gasteiger partial charge is 0.457 e. The van der Waals surface area contributed by atoms with Crippen LogP contribution < -0.4 is 10.1 Å². The number of aromatic nitrogens is 1. The monoisotopic (exact) mass is 382 g/mol. The molecule has 0 saturated carbocycles. The van der Waals surface area contributed by atoms with Gasteiger partial charge in [0.2, 0.25) is 0 Å². The summed E-state index contributed by atoms with van der Waals surface area (Å²) in [5.41, 5.74) is 0.658. The minimum Gasteiger partial charge on any atom is -0.457 e. The van der Waals surface area contributed by atoms with Crippen molar-refractivity contribution in [1.82, 2.24) is 4.98 Å². The number of para-hydroxylation sites is 1. The molecule has 0 fully saturated rings. The Morgan fingerprint density at radius 1 is 0.926 bits per heavy atom. The molecule has 2 aromatic carbocycles. The van der Waals surface area contributed by atoms with Crippen LogP contribution in [0.5, 0.6) is 11.5 Å². The fourth-order valence-electron chi connectivity index (χ4n) is 2.16. The third kappa shape index (κ3) is 5.29. The minimum absolute atomic E-state index is 0.159. The second-order valence-corrected chi connectivity index (χ2v) is 5.76. The van der Waals surface area contributed by atoms with Crippen molar-refractivity contribution in [1.29, 1.82) is 0 Å². The van der Waals surface area contributed by atoms with Gasteiger partial charge in [-0.05, 0) is 48.5 Å². The molecule has 1 amide bonds. The van der Waals surface area contributed by atoms with E-state index in [4.69, 9.17) is 21.1 Å². The Morgan fingerprint density at radius 3 is 2.33 bits per heavy atom. The van der Waals surface area contributed by atoms with Gasteiger partial charge in [-0.3, -0.25) is 4.79 Å². The van der Waals surface area contributed by atoms with Crippen molar-refractivity contribution in [3.63, 3.8) is 0 Å². The topological polar surface area (TPSA) is 77.5 Å². The Labute approximate surface area is 160 Å². The van der Waals surface area contributed by atoms with Crippen LogP contribution >= 0.6 is 11.6 Å². The number of rotatable bonds is 6. The van der Waals surface area contributed by atoms with Gasteiger partial charge in [-0.15, -0.1) is 0 Å². The lowest BCUT2D eigenvalue weighted by molar-refractivity contribution is -0.119. The number of hydrogen-bond acceptors (Lipinski definition) is 5. The van der Waals surface area contributed by atoms with E-state index in [0.29, 0.717) is 22.7 Å². The van der Waals surface area contributed by atoms with Crippen LogP contribution in [-0.4, -0.2) is 23.5 Å². The molecule has 1 heterocycles. The molecule has 1 aromatic heterocycles. The van der Waals surface area contributed by atoms with E-state index in [1.807, 2.05) is 30.3 Å². The normalized spacial score (nSPS) is 10.1. The van der Waals surface area contributed by atoms with Crippen LogP contribution in [0.15, 0.2) is 72.9 Å². The Kier molecular flexibility index (Phi) is 6.02. The summed E-state index contributed by atoms with van der Waals surface area (Å²) in [6.45, 7) is -0.438. The lowest BCUT2D eigenvalue weighted by Gasteiger charge is -2.08. The summed E-state index contributed by atoms with van der Waals surface area (Å²) in [6.07, 6.45) is 1.50. The molecule has 7 heteroatoms. The van der Waals surface area contributed by atoms with Crippen molar-refractivity contribution in [3.05, 3.63) is 83.6 Å². The summed E-state index contributed by atoms with van der Waals surface area (Å²) in [4.78, 5) is 27.8. The molecule has 1 N–H and O–H groups in total. The predicted octanol–water partition coefficient (Wildman–Crippen LogP) is 4.32. The highest BCUT2D eigenvalue weighted by Gasteiger charge is 2.12. The lowest BCUT2D eigenvalue weighted by atomic mass is 10.2. The molecule has 0 aliphatic rings. The first kappa shape index (κ1) is 18.4. The maximum Gasteiger partial charge on any atom is 0.338 e. The number of esters is 1. The average Bonchev–Trinajstić information content (AvgIpc) is 2.69. The van der Waals surface area contributed by atoms with Gasteiger partial charge in [-0.1, -0.05) is 29.8 Å². The van der Waals surface area contributed by atoms with E-state index in [1.165, 1.54) is 6.20 Å². The maximum atomic E-state index is 12.1. The fourth-order valence-corrected chi connectivity index (χ4v) is 2.33. The van der Waals surface area contributed by atoms with Gasteiger partial charge in [0.25, 0.3) is 5.91 Å². The van der Waals surface area contributed by atoms with Crippen LogP contribution in [0.25, 0.3) is 0 Å². The number of ether oxygens (including phenoxy) is 2. The van der Waals surface area contributed by atoms with Crippen LogP contribution in [0, 0.1) is 0 Å². The van der Waals surface area contributed by atoms with Crippen LogP contribution in [0.2, 0.25) is 5.15 Å². The van der Waals surface area contributed by atoms with E-state index < -0.39 is 18.5 Å². The van der Waals surface area contributed by atoms with Crippen molar-refractivity contribution < 1.29 is 19.1 Å². The molecule has 0 bridgehead atoms. The zero-order valence-corrected chi connectivity index (χ0v) is 14.8. The zero-order valence-electron chi connectivity index (χ0n) is 14.1. The van der Waals surface area contributed by atoms with E-state index in [9.17, 15) is 9.59 Å². The highest BCUT2D eigenvalue weighted by Crippen LogP contribution is 2.21. The molecule has 0 aliphatic carbocycles. The molecule has 3 rings (SSSR count). The number of nitrogens with one attached hydrogen (secondary N) is 1. The van der Waals surface area contributed by atoms with Crippen LogP contribution in [0.1, 0.15) is 10.4 Å². The first-order chi connectivity index (χ1) is 13.1. The quantitative estimate of drug-likeness (QED) is 0.507. The molecule has 0 aliphatic heterocycles. The van der Waals surface area contributed by atoms with Gasteiger partial charge in [0, 0.05) is 6.20 Å². The maximum absolute atomic E-state index is 12.1. The SMILES string of the molecule is O=C(COC(=O)c1ccc(Oc2ccccc2)cc1)Nc1cccnc1Cl. The molecule has 0 atom stereocenters. The zero-order chi connectivity index (χ0) is 19.1. The summed E-state index contributed by atoms with van der Waals surface area (Å²) < 4.78 is 10.7. The minimum atomic E-state index is -0.617. The number of amides is 1. The molecule has 0 spiro atoms. The molecular formula is C20H15ClN2O4. The molecular weight excluding hydrogens is 368 g/mol. The summed E-state index contributed by atoms with van der Waals surface area (Å²) in [5.74, 6) is 0.149. The summed E-state index contributed by atoms with van der Waals surface area (Å²) in [5, 5.41) is 2.68. The molecule has 27 heavy (non-hydrogen) atoms. The lowest BCUT2D eigenvalue weighted by Crippen LogP contribution is -2.21. The third-order valence-corrected chi connectivity index (χ3v) is 3.74. The Bertz CT molecular complexity index is 930. The Balaban J connectivity index is 1.52. The second kappa shape index (κ2) is 8.82. The average molecular weight is 383 g/mol. The molecule has 0 saturated heterocycles.